The van der Waals surface area contributed by atoms with E-state index < -0.39 is 0 Å². The summed E-state index contributed by atoms with van der Waals surface area (Å²) in [5, 5.41) is 7.48. The second-order valence-corrected chi connectivity index (χ2v) is 6.94. The molecule has 0 saturated heterocycles. The van der Waals surface area contributed by atoms with E-state index in [1.54, 1.807) is 14.2 Å². The number of carbonyl (C=O) groups excluding carboxylic acids is 1. The van der Waals surface area contributed by atoms with Crippen LogP contribution in [0.5, 0.6) is 11.5 Å². The van der Waals surface area contributed by atoms with Crippen LogP contribution in [0.25, 0.3) is 0 Å². The zero-order chi connectivity index (χ0) is 17.5. The molecule has 1 aliphatic heterocycles. The summed E-state index contributed by atoms with van der Waals surface area (Å²) in [5.41, 5.74) is 1.71. The molecular formula is C18H23N3O3. The molecule has 0 fully saturated rings. The fourth-order valence-electron chi connectivity index (χ4n) is 3.12. The number of rotatable bonds is 3. The maximum Gasteiger partial charge on any atom is 0.226 e. The molecule has 2 aromatic rings. The Morgan fingerprint density at radius 1 is 1.21 bits per heavy atom. The van der Waals surface area contributed by atoms with Gasteiger partial charge in [0.2, 0.25) is 5.91 Å². The van der Waals surface area contributed by atoms with Gasteiger partial charge in [-0.05, 0) is 39.0 Å². The van der Waals surface area contributed by atoms with E-state index in [9.17, 15) is 4.79 Å². The van der Waals surface area contributed by atoms with Crippen molar-refractivity contribution in [2.75, 3.05) is 19.5 Å². The summed E-state index contributed by atoms with van der Waals surface area (Å²) in [6.07, 6.45) is 2.19. The van der Waals surface area contributed by atoms with Crippen LogP contribution in [-0.2, 0) is 10.3 Å². The Balaban J connectivity index is 2.15. The number of fused-ring (bicyclic) bond motifs is 1. The van der Waals surface area contributed by atoms with E-state index in [2.05, 4.69) is 31.2 Å². The summed E-state index contributed by atoms with van der Waals surface area (Å²) in [4.78, 5) is 12.3. The van der Waals surface area contributed by atoms with Gasteiger partial charge in [-0.1, -0.05) is 0 Å². The van der Waals surface area contributed by atoms with Gasteiger partial charge < -0.3 is 14.8 Å². The number of ether oxygens (including phenoxy) is 2. The van der Waals surface area contributed by atoms with Gasteiger partial charge in [-0.25, -0.2) is 4.68 Å². The number of hydrogen-bond donors (Lipinski definition) is 1. The zero-order valence-electron chi connectivity index (χ0n) is 14.7. The number of benzene rings is 1. The Labute approximate surface area is 141 Å². The minimum absolute atomic E-state index is 0.0247. The summed E-state index contributed by atoms with van der Waals surface area (Å²) in [7, 11) is 3.26. The van der Waals surface area contributed by atoms with Crippen molar-refractivity contribution in [3.63, 3.8) is 0 Å². The Morgan fingerprint density at radius 2 is 1.96 bits per heavy atom. The zero-order valence-corrected chi connectivity index (χ0v) is 14.7. The molecular weight excluding hydrogens is 306 g/mol. The highest BCUT2D eigenvalue weighted by Crippen LogP contribution is 2.42. The quantitative estimate of drug-likeness (QED) is 0.939. The van der Waals surface area contributed by atoms with Crippen molar-refractivity contribution in [3.8, 4) is 11.5 Å². The number of aromatic nitrogens is 2. The molecule has 0 unspecified atom stereocenters. The van der Waals surface area contributed by atoms with Gasteiger partial charge in [-0.3, -0.25) is 4.79 Å². The first-order chi connectivity index (χ1) is 11.3. The molecule has 6 nitrogen and oxygen atoms in total. The minimum atomic E-state index is -0.221. The Bertz CT molecular complexity index is 774. The molecule has 1 N–H and O–H groups in total. The van der Waals surface area contributed by atoms with Crippen LogP contribution in [-0.4, -0.2) is 29.9 Å². The molecule has 0 aliphatic carbocycles. The normalized spacial score (nSPS) is 17.2. The number of anilines is 1. The topological polar surface area (TPSA) is 65.4 Å². The van der Waals surface area contributed by atoms with Crippen molar-refractivity contribution in [3.05, 3.63) is 35.5 Å². The van der Waals surface area contributed by atoms with E-state index in [0.29, 0.717) is 6.42 Å². The van der Waals surface area contributed by atoms with E-state index in [1.165, 1.54) is 0 Å². The molecule has 1 atom stereocenters. The van der Waals surface area contributed by atoms with Crippen LogP contribution >= 0.6 is 0 Å². The fraction of sp³-hybridized carbons (Fsp3) is 0.444. The molecule has 1 aromatic heterocycles. The second-order valence-electron chi connectivity index (χ2n) is 6.94. The Kier molecular flexibility index (Phi) is 3.99. The number of hydrogen-bond acceptors (Lipinski definition) is 4. The summed E-state index contributed by atoms with van der Waals surface area (Å²) in [6, 6.07) is 5.65. The Hall–Kier alpha value is -2.50. The van der Waals surface area contributed by atoms with Gasteiger partial charge in [0.1, 0.15) is 17.3 Å². The van der Waals surface area contributed by atoms with Crippen LogP contribution in [0, 0.1) is 0 Å². The summed E-state index contributed by atoms with van der Waals surface area (Å²) >= 11 is 0. The lowest BCUT2D eigenvalue weighted by Gasteiger charge is -2.28. The fourth-order valence-corrected chi connectivity index (χ4v) is 3.12. The standard InChI is InChI=1S/C18H23N3O3/c1-18(2,3)21-17-14(10-19-21)12(9-16(22)20-17)13-8-11(23-4)6-7-15(13)24-5/h6-8,10,12H,9H2,1-5H3,(H,20,22)/t12-/m0/s1. The lowest BCUT2D eigenvalue weighted by atomic mass is 9.86. The summed E-state index contributed by atoms with van der Waals surface area (Å²) in [6.45, 7) is 6.17. The van der Waals surface area contributed by atoms with Crippen LogP contribution in [0.3, 0.4) is 0 Å². The number of nitrogens with one attached hydrogen (secondary N) is 1. The molecule has 0 radical (unpaired) electrons. The van der Waals surface area contributed by atoms with E-state index >= 15 is 0 Å². The number of nitrogens with zero attached hydrogens (tertiary/aromatic N) is 2. The minimum Gasteiger partial charge on any atom is -0.497 e. The molecule has 0 spiro atoms. The van der Waals surface area contributed by atoms with Gasteiger partial charge in [0.15, 0.2) is 0 Å². The molecule has 2 heterocycles. The molecule has 6 heteroatoms. The molecule has 3 rings (SSSR count). The van der Waals surface area contributed by atoms with Crippen molar-refractivity contribution in [1.29, 1.82) is 0 Å². The third kappa shape index (κ3) is 2.72. The number of amides is 1. The highest BCUT2D eigenvalue weighted by atomic mass is 16.5. The molecule has 1 aromatic carbocycles. The maximum atomic E-state index is 12.3. The van der Waals surface area contributed by atoms with E-state index in [1.807, 2.05) is 29.1 Å². The predicted molar refractivity (Wildman–Crippen MR) is 91.9 cm³/mol. The van der Waals surface area contributed by atoms with Crippen LogP contribution in [0.2, 0.25) is 0 Å². The van der Waals surface area contributed by atoms with Gasteiger partial charge in [-0.2, -0.15) is 5.10 Å². The molecule has 0 saturated carbocycles. The molecule has 128 valence electrons. The Morgan fingerprint density at radius 3 is 2.58 bits per heavy atom. The first-order valence-corrected chi connectivity index (χ1v) is 7.95. The monoisotopic (exact) mass is 329 g/mol. The van der Waals surface area contributed by atoms with Crippen LogP contribution in [0.15, 0.2) is 24.4 Å². The SMILES string of the molecule is COc1ccc(OC)c([C@@H]2CC(=O)Nc3c2cnn3C(C)(C)C)c1. The second kappa shape index (κ2) is 5.85. The molecule has 1 aliphatic rings. The number of carbonyl (C=O) groups is 1. The average molecular weight is 329 g/mol. The molecule has 1 amide bonds. The van der Waals surface area contributed by atoms with Gasteiger partial charge in [0, 0.05) is 23.5 Å². The van der Waals surface area contributed by atoms with Crippen molar-refractivity contribution in [2.45, 2.75) is 38.6 Å². The van der Waals surface area contributed by atoms with Gasteiger partial charge in [-0.15, -0.1) is 0 Å². The van der Waals surface area contributed by atoms with Gasteiger partial charge in [0.25, 0.3) is 0 Å². The highest BCUT2D eigenvalue weighted by Gasteiger charge is 2.34. The van der Waals surface area contributed by atoms with Crippen molar-refractivity contribution in [2.24, 2.45) is 0 Å². The van der Waals surface area contributed by atoms with Crippen molar-refractivity contribution >= 4 is 11.7 Å². The van der Waals surface area contributed by atoms with Crippen LogP contribution < -0.4 is 14.8 Å². The first-order valence-electron chi connectivity index (χ1n) is 7.95. The molecule has 24 heavy (non-hydrogen) atoms. The van der Waals surface area contributed by atoms with Crippen molar-refractivity contribution < 1.29 is 14.3 Å². The largest absolute Gasteiger partial charge is 0.497 e. The van der Waals surface area contributed by atoms with Gasteiger partial charge >= 0.3 is 0 Å². The third-order valence-corrected chi connectivity index (χ3v) is 4.27. The lowest BCUT2D eigenvalue weighted by Crippen LogP contribution is -2.30. The predicted octanol–water partition coefficient (Wildman–Crippen LogP) is 3.13. The van der Waals surface area contributed by atoms with Gasteiger partial charge in [0.05, 0.1) is 26.0 Å². The van der Waals surface area contributed by atoms with Crippen LogP contribution in [0.1, 0.15) is 44.2 Å². The van der Waals surface area contributed by atoms with E-state index in [0.717, 1.165) is 28.4 Å². The van der Waals surface area contributed by atoms with E-state index in [4.69, 9.17) is 9.47 Å². The molecule has 0 bridgehead atoms. The smallest absolute Gasteiger partial charge is 0.226 e. The maximum absolute atomic E-state index is 12.3. The average Bonchev–Trinajstić information content (AvgIpc) is 2.97. The summed E-state index contributed by atoms with van der Waals surface area (Å²) < 4.78 is 12.7. The van der Waals surface area contributed by atoms with E-state index in [-0.39, 0.29) is 17.4 Å². The third-order valence-electron chi connectivity index (χ3n) is 4.27. The highest BCUT2D eigenvalue weighted by molar-refractivity contribution is 5.94. The lowest BCUT2D eigenvalue weighted by molar-refractivity contribution is -0.116. The van der Waals surface area contributed by atoms with Crippen molar-refractivity contribution in [1.82, 2.24) is 9.78 Å². The van der Waals surface area contributed by atoms with Crippen LogP contribution in [0.4, 0.5) is 5.82 Å². The summed E-state index contributed by atoms with van der Waals surface area (Å²) in [5.74, 6) is 2.10. The number of methoxy groups -OCH3 is 2. The first kappa shape index (κ1) is 16.4.